The lowest BCUT2D eigenvalue weighted by atomic mass is 10.2. The molecule has 11 heteroatoms. The first-order valence-electron chi connectivity index (χ1n) is 8.47. The van der Waals surface area contributed by atoms with Gasteiger partial charge in [0, 0.05) is 19.2 Å². The van der Waals surface area contributed by atoms with Crippen LogP contribution in [0.3, 0.4) is 0 Å². The number of carboxylic acids is 1. The summed E-state index contributed by atoms with van der Waals surface area (Å²) in [4.78, 5) is 10.9. The summed E-state index contributed by atoms with van der Waals surface area (Å²) in [6, 6.07) is 2.71. The highest BCUT2D eigenvalue weighted by molar-refractivity contribution is 7.92. The van der Waals surface area contributed by atoms with Crippen molar-refractivity contribution in [1.82, 2.24) is 4.31 Å². The zero-order chi connectivity index (χ0) is 19.8. The van der Waals surface area contributed by atoms with Crippen LogP contribution in [0.4, 0.5) is 0 Å². The first-order valence-corrected chi connectivity index (χ1v) is 12.1. The summed E-state index contributed by atoms with van der Waals surface area (Å²) < 4.78 is 57.1. The van der Waals surface area contributed by atoms with Crippen LogP contribution in [-0.2, 0) is 24.6 Å². The third-order valence-electron chi connectivity index (χ3n) is 4.79. The number of halogens is 1. The number of sulfonamides is 1. The highest BCUT2D eigenvalue weighted by Crippen LogP contribution is 2.31. The van der Waals surface area contributed by atoms with E-state index in [-0.39, 0.29) is 46.1 Å². The average Bonchev–Trinajstić information content (AvgIpc) is 3.21. The number of sulfone groups is 1. The number of aromatic carboxylic acids is 1. The zero-order valence-electron chi connectivity index (χ0n) is 14.4. The molecule has 1 N–H and O–H groups in total. The third-order valence-corrected chi connectivity index (χ3v) is 8.94. The van der Waals surface area contributed by atoms with E-state index in [9.17, 15) is 21.6 Å². The second kappa shape index (κ2) is 7.67. The Kier molecular flexibility index (Phi) is 5.83. The molecule has 2 atom stereocenters. The minimum absolute atomic E-state index is 0.0101. The van der Waals surface area contributed by atoms with Crippen LogP contribution in [0.5, 0.6) is 0 Å². The Morgan fingerprint density at radius 2 is 2.07 bits per heavy atom. The van der Waals surface area contributed by atoms with Crippen LogP contribution >= 0.6 is 11.6 Å². The number of carbonyl (C=O) groups is 1. The van der Waals surface area contributed by atoms with E-state index in [2.05, 4.69) is 0 Å². The van der Waals surface area contributed by atoms with Gasteiger partial charge in [-0.3, -0.25) is 0 Å². The molecule has 2 heterocycles. The third kappa shape index (κ3) is 4.45. The predicted octanol–water partition coefficient (Wildman–Crippen LogP) is 1.40. The molecule has 0 radical (unpaired) electrons. The second-order valence-electron chi connectivity index (χ2n) is 6.72. The summed E-state index contributed by atoms with van der Waals surface area (Å²) in [6.07, 6.45) is 1.33. The fourth-order valence-electron chi connectivity index (χ4n) is 3.40. The minimum Gasteiger partial charge on any atom is -0.478 e. The van der Waals surface area contributed by atoms with E-state index in [0.717, 1.165) is 16.8 Å². The van der Waals surface area contributed by atoms with Crippen molar-refractivity contribution < 1.29 is 31.5 Å². The van der Waals surface area contributed by atoms with Crippen LogP contribution in [-0.4, -0.2) is 69.0 Å². The molecule has 2 fully saturated rings. The molecule has 0 saturated carbocycles. The monoisotopic (exact) mass is 437 g/mol. The highest BCUT2D eigenvalue weighted by Gasteiger charge is 2.41. The maximum Gasteiger partial charge on any atom is 0.335 e. The van der Waals surface area contributed by atoms with Crippen molar-refractivity contribution in [2.24, 2.45) is 0 Å². The SMILES string of the molecule is O=C(O)c1ccc(Cl)c(S(=O)(=O)N(C[C@H]2CCCO2)[C@@H]2CCS(=O)(=O)C2)c1. The van der Waals surface area contributed by atoms with Crippen LogP contribution in [0.1, 0.15) is 29.6 Å². The van der Waals surface area contributed by atoms with Crippen LogP contribution in [0.15, 0.2) is 23.1 Å². The van der Waals surface area contributed by atoms with Gasteiger partial charge in [0.1, 0.15) is 4.90 Å². The van der Waals surface area contributed by atoms with Crippen LogP contribution in [0, 0.1) is 0 Å². The van der Waals surface area contributed by atoms with E-state index in [1.807, 2.05) is 0 Å². The van der Waals surface area contributed by atoms with E-state index in [0.29, 0.717) is 13.0 Å². The van der Waals surface area contributed by atoms with Crippen molar-refractivity contribution in [2.75, 3.05) is 24.7 Å². The second-order valence-corrected chi connectivity index (χ2v) is 11.2. The van der Waals surface area contributed by atoms with E-state index in [1.54, 1.807) is 0 Å². The summed E-state index contributed by atoms with van der Waals surface area (Å²) in [5.74, 6) is -1.63. The van der Waals surface area contributed by atoms with Crippen LogP contribution in [0.2, 0.25) is 5.02 Å². The lowest BCUT2D eigenvalue weighted by Crippen LogP contribution is -2.45. The van der Waals surface area contributed by atoms with Gasteiger partial charge in [-0.05, 0) is 37.5 Å². The molecule has 1 aromatic rings. The molecule has 1 aromatic carbocycles. The fraction of sp³-hybridized carbons (Fsp3) is 0.562. The Balaban J connectivity index is 2.01. The number of hydrogen-bond donors (Lipinski definition) is 1. The molecule has 3 rings (SSSR count). The molecule has 0 aliphatic carbocycles. The fourth-order valence-corrected chi connectivity index (χ4v) is 7.41. The Morgan fingerprint density at radius 3 is 2.63 bits per heavy atom. The van der Waals surface area contributed by atoms with E-state index < -0.39 is 31.9 Å². The van der Waals surface area contributed by atoms with Gasteiger partial charge in [-0.25, -0.2) is 21.6 Å². The van der Waals surface area contributed by atoms with Gasteiger partial charge in [-0.1, -0.05) is 11.6 Å². The largest absolute Gasteiger partial charge is 0.478 e. The molecule has 27 heavy (non-hydrogen) atoms. The van der Waals surface area contributed by atoms with Gasteiger partial charge in [-0.2, -0.15) is 4.31 Å². The molecule has 2 aliphatic rings. The van der Waals surface area contributed by atoms with Crippen molar-refractivity contribution in [3.63, 3.8) is 0 Å². The topological polar surface area (TPSA) is 118 Å². The van der Waals surface area contributed by atoms with Gasteiger partial charge >= 0.3 is 5.97 Å². The van der Waals surface area contributed by atoms with Crippen LogP contribution < -0.4 is 0 Å². The van der Waals surface area contributed by atoms with E-state index in [1.165, 1.54) is 12.1 Å². The van der Waals surface area contributed by atoms with Crippen molar-refractivity contribution in [2.45, 2.75) is 36.3 Å². The number of rotatable bonds is 6. The number of benzene rings is 1. The molecule has 8 nitrogen and oxygen atoms in total. The summed E-state index contributed by atoms with van der Waals surface area (Å²) in [5, 5.41) is 9.05. The number of nitrogens with zero attached hydrogens (tertiary/aromatic N) is 1. The summed E-state index contributed by atoms with van der Waals surface area (Å²) in [5.41, 5.74) is -0.214. The van der Waals surface area contributed by atoms with Gasteiger partial charge in [0.25, 0.3) is 0 Å². The van der Waals surface area contributed by atoms with Gasteiger partial charge in [0.15, 0.2) is 9.84 Å². The molecule has 0 unspecified atom stereocenters. The summed E-state index contributed by atoms with van der Waals surface area (Å²) in [7, 11) is -7.54. The number of hydrogen-bond acceptors (Lipinski definition) is 6. The number of carboxylic acid groups (broad SMARTS) is 1. The normalized spacial score (nSPS) is 25.1. The molecule has 0 bridgehead atoms. The molecule has 2 aliphatic heterocycles. The van der Waals surface area contributed by atoms with Crippen molar-refractivity contribution in [1.29, 1.82) is 0 Å². The Hall–Kier alpha value is -1.20. The quantitative estimate of drug-likeness (QED) is 0.714. The Labute approximate surface area is 163 Å². The van der Waals surface area contributed by atoms with E-state index >= 15 is 0 Å². The molecule has 150 valence electrons. The number of ether oxygens (including phenoxy) is 1. The van der Waals surface area contributed by atoms with E-state index in [4.69, 9.17) is 21.4 Å². The zero-order valence-corrected chi connectivity index (χ0v) is 16.8. The highest BCUT2D eigenvalue weighted by atomic mass is 35.5. The van der Waals surface area contributed by atoms with Gasteiger partial charge in [0.05, 0.1) is 28.2 Å². The molecular formula is C16H20ClNO7S2. The minimum atomic E-state index is -4.22. The molecule has 0 spiro atoms. The average molecular weight is 438 g/mol. The smallest absolute Gasteiger partial charge is 0.335 e. The first kappa shape index (κ1) is 20.5. The lowest BCUT2D eigenvalue weighted by Gasteiger charge is -2.29. The summed E-state index contributed by atoms with van der Waals surface area (Å²) >= 11 is 6.06. The Bertz CT molecular complexity index is 940. The van der Waals surface area contributed by atoms with Gasteiger partial charge in [-0.15, -0.1) is 0 Å². The van der Waals surface area contributed by atoms with Crippen molar-refractivity contribution >= 4 is 37.4 Å². The summed E-state index contributed by atoms with van der Waals surface area (Å²) in [6.45, 7) is 0.535. The lowest BCUT2D eigenvalue weighted by molar-refractivity contribution is 0.0696. The first-order chi connectivity index (χ1) is 12.6. The Morgan fingerprint density at radius 1 is 1.33 bits per heavy atom. The molecule has 2 saturated heterocycles. The standard InChI is InChI=1S/C16H20ClNO7S2/c17-14-4-3-11(16(19)20)8-15(14)27(23,24)18(9-13-2-1-6-25-13)12-5-7-26(21,22)10-12/h3-4,8,12-13H,1-2,5-7,9-10H2,(H,19,20)/t12-,13-/m1/s1. The maximum absolute atomic E-state index is 13.3. The van der Waals surface area contributed by atoms with Crippen LogP contribution in [0.25, 0.3) is 0 Å². The van der Waals surface area contributed by atoms with Gasteiger partial charge in [0.2, 0.25) is 10.0 Å². The molecule has 0 amide bonds. The molecule has 0 aromatic heterocycles. The predicted molar refractivity (Wildman–Crippen MR) is 98.3 cm³/mol. The van der Waals surface area contributed by atoms with Crippen molar-refractivity contribution in [3.05, 3.63) is 28.8 Å². The maximum atomic E-state index is 13.3. The molecular weight excluding hydrogens is 418 g/mol. The van der Waals surface area contributed by atoms with Crippen molar-refractivity contribution in [3.8, 4) is 0 Å². The van der Waals surface area contributed by atoms with Gasteiger partial charge < -0.3 is 9.84 Å².